The molecule has 0 N–H and O–H groups in total. The Morgan fingerprint density at radius 3 is 2.79 bits per heavy atom. The minimum atomic E-state index is 0.504. The van der Waals surface area contributed by atoms with Crippen molar-refractivity contribution in [3.63, 3.8) is 0 Å². The Morgan fingerprint density at radius 2 is 2.21 bits per heavy atom. The summed E-state index contributed by atoms with van der Waals surface area (Å²) in [5, 5.41) is 0. The highest BCUT2D eigenvalue weighted by molar-refractivity contribution is 9.10. The standard InChI is InChI=1S/C11H15BrN2/c1-3-11(2)7-14(8-11)10-6-4-5-9(12)13-10/h4-6H,3,7-8H2,1-2H3. The highest BCUT2D eigenvalue weighted by Crippen LogP contribution is 2.35. The second-order valence-corrected chi connectivity index (χ2v) is 5.15. The van der Waals surface area contributed by atoms with Crippen molar-refractivity contribution >= 4 is 21.7 Å². The quantitative estimate of drug-likeness (QED) is 0.755. The fourth-order valence-electron chi connectivity index (χ4n) is 1.83. The van der Waals surface area contributed by atoms with Crippen LogP contribution in [0.25, 0.3) is 0 Å². The molecule has 3 heteroatoms. The van der Waals surface area contributed by atoms with E-state index >= 15 is 0 Å². The van der Waals surface area contributed by atoms with Crippen molar-refractivity contribution in [3.05, 3.63) is 22.8 Å². The van der Waals surface area contributed by atoms with Crippen LogP contribution in [0.1, 0.15) is 20.3 Å². The van der Waals surface area contributed by atoms with E-state index in [0.29, 0.717) is 5.41 Å². The van der Waals surface area contributed by atoms with Crippen molar-refractivity contribution in [3.8, 4) is 0 Å². The molecule has 0 saturated carbocycles. The largest absolute Gasteiger partial charge is 0.355 e. The van der Waals surface area contributed by atoms with Gasteiger partial charge in [0.2, 0.25) is 0 Å². The average Bonchev–Trinajstić information content (AvgIpc) is 2.13. The van der Waals surface area contributed by atoms with Crippen molar-refractivity contribution in [2.24, 2.45) is 5.41 Å². The molecule has 0 radical (unpaired) electrons. The number of nitrogens with zero attached hydrogens (tertiary/aromatic N) is 2. The van der Waals surface area contributed by atoms with E-state index in [1.165, 1.54) is 6.42 Å². The second kappa shape index (κ2) is 3.54. The summed E-state index contributed by atoms with van der Waals surface area (Å²) in [4.78, 5) is 6.77. The Hall–Kier alpha value is -0.570. The van der Waals surface area contributed by atoms with E-state index in [1.54, 1.807) is 0 Å². The third kappa shape index (κ3) is 1.78. The van der Waals surface area contributed by atoms with Gasteiger partial charge < -0.3 is 4.90 Å². The fourth-order valence-corrected chi connectivity index (χ4v) is 2.17. The van der Waals surface area contributed by atoms with Crippen LogP contribution >= 0.6 is 15.9 Å². The molecule has 14 heavy (non-hydrogen) atoms. The van der Waals surface area contributed by atoms with Crippen molar-refractivity contribution in [2.45, 2.75) is 20.3 Å². The lowest BCUT2D eigenvalue weighted by Crippen LogP contribution is -2.54. The fraction of sp³-hybridized carbons (Fsp3) is 0.545. The monoisotopic (exact) mass is 254 g/mol. The molecule has 1 aromatic rings. The Balaban J connectivity index is 2.06. The lowest BCUT2D eigenvalue weighted by atomic mass is 9.79. The van der Waals surface area contributed by atoms with Gasteiger partial charge in [-0.2, -0.15) is 0 Å². The van der Waals surface area contributed by atoms with Crippen LogP contribution in [0.4, 0.5) is 5.82 Å². The van der Waals surface area contributed by atoms with Crippen molar-refractivity contribution in [1.82, 2.24) is 4.98 Å². The van der Waals surface area contributed by atoms with Crippen LogP contribution in [-0.2, 0) is 0 Å². The molecule has 0 aromatic carbocycles. The van der Waals surface area contributed by atoms with E-state index in [-0.39, 0.29) is 0 Å². The van der Waals surface area contributed by atoms with Crippen molar-refractivity contribution in [2.75, 3.05) is 18.0 Å². The molecule has 1 aliphatic rings. The molecule has 1 fully saturated rings. The number of pyridine rings is 1. The highest BCUT2D eigenvalue weighted by atomic mass is 79.9. The predicted molar refractivity (Wildman–Crippen MR) is 62.5 cm³/mol. The van der Waals surface area contributed by atoms with Crippen LogP contribution in [0.5, 0.6) is 0 Å². The molecule has 1 aliphatic heterocycles. The first-order valence-electron chi connectivity index (χ1n) is 5.00. The SMILES string of the molecule is CCC1(C)CN(c2cccc(Br)n2)C1. The van der Waals surface area contributed by atoms with Gasteiger partial charge in [-0.1, -0.05) is 19.9 Å². The van der Waals surface area contributed by atoms with E-state index in [9.17, 15) is 0 Å². The number of hydrogen-bond donors (Lipinski definition) is 0. The number of aromatic nitrogens is 1. The summed E-state index contributed by atoms with van der Waals surface area (Å²) in [5.41, 5.74) is 0.504. The van der Waals surface area contributed by atoms with Gasteiger partial charge in [-0.25, -0.2) is 4.98 Å². The molecular formula is C11H15BrN2. The molecular weight excluding hydrogens is 240 g/mol. The highest BCUT2D eigenvalue weighted by Gasteiger charge is 2.37. The summed E-state index contributed by atoms with van der Waals surface area (Å²) in [6.45, 7) is 6.85. The molecule has 1 aromatic heterocycles. The third-order valence-electron chi connectivity index (χ3n) is 3.02. The topological polar surface area (TPSA) is 16.1 Å². The van der Waals surface area contributed by atoms with Gasteiger partial charge in [0.05, 0.1) is 0 Å². The summed E-state index contributed by atoms with van der Waals surface area (Å²) in [7, 11) is 0. The van der Waals surface area contributed by atoms with Gasteiger partial charge >= 0.3 is 0 Å². The normalized spacial score (nSPS) is 19.2. The van der Waals surface area contributed by atoms with E-state index in [0.717, 1.165) is 23.5 Å². The molecule has 0 spiro atoms. The summed E-state index contributed by atoms with van der Waals surface area (Å²) < 4.78 is 0.917. The molecule has 76 valence electrons. The molecule has 2 rings (SSSR count). The van der Waals surface area contributed by atoms with Gasteiger partial charge in [0.1, 0.15) is 10.4 Å². The number of rotatable bonds is 2. The maximum absolute atomic E-state index is 4.44. The lowest BCUT2D eigenvalue weighted by molar-refractivity contribution is 0.232. The summed E-state index contributed by atoms with van der Waals surface area (Å²) >= 11 is 3.39. The van der Waals surface area contributed by atoms with Crippen molar-refractivity contribution < 1.29 is 0 Å². The van der Waals surface area contributed by atoms with Crippen LogP contribution in [0, 0.1) is 5.41 Å². The van der Waals surface area contributed by atoms with E-state index < -0.39 is 0 Å². The molecule has 0 aliphatic carbocycles. The van der Waals surface area contributed by atoms with Gasteiger partial charge in [0.25, 0.3) is 0 Å². The molecule has 0 bridgehead atoms. The van der Waals surface area contributed by atoms with Crippen LogP contribution in [0.15, 0.2) is 22.8 Å². The van der Waals surface area contributed by atoms with Crippen molar-refractivity contribution in [1.29, 1.82) is 0 Å². The van der Waals surface area contributed by atoms with Crippen LogP contribution in [-0.4, -0.2) is 18.1 Å². The number of hydrogen-bond acceptors (Lipinski definition) is 2. The summed E-state index contributed by atoms with van der Waals surface area (Å²) in [6, 6.07) is 6.07. The zero-order chi connectivity index (χ0) is 10.2. The van der Waals surface area contributed by atoms with E-state index in [1.807, 2.05) is 12.1 Å². The van der Waals surface area contributed by atoms with Gasteiger partial charge in [-0.05, 0) is 34.5 Å². The van der Waals surface area contributed by atoms with Crippen LogP contribution in [0.3, 0.4) is 0 Å². The van der Waals surface area contributed by atoms with Gasteiger partial charge in [-0.15, -0.1) is 0 Å². The van der Waals surface area contributed by atoms with E-state index in [2.05, 4.69) is 45.7 Å². The third-order valence-corrected chi connectivity index (χ3v) is 3.46. The second-order valence-electron chi connectivity index (χ2n) is 4.34. The molecule has 2 heterocycles. The first-order valence-corrected chi connectivity index (χ1v) is 5.80. The zero-order valence-corrected chi connectivity index (χ0v) is 10.2. The Bertz CT molecular complexity index is 332. The number of halogens is 1. The summed E-state index contributed by atoms with van der Waals surface area (Å²) in [6.07, 6.45) is 1.25. The predicted octanol–water partition coefficient (Wildman–Crippen LogP) is 3.08. The van der Waals surface area contributed by atoms with Gasteiger partial charge in [-0.3, -0.25) is 0 Å². The Morgan fingerprint density at radius 1 is 1.50 bits per heavy atom. The van der Waals surface area contributed by atoms with Crippen LogP contribution < -0.4 is 4.90 Å². The first-order chi connectivity index (χ1) is 6.63. The minimum absolute atomic E-state index is 0.504. The average molecular weight is 255 g/mol. The molecule has 2 nitrogen and oxygen atoms in total. The molecule has 0 atom stereocenters. The van der Waals surface area contributed by atoms with Gasteiger partial charge in [0.15, 0.2) is 0 Å². The maximum atomic E-state index is 4.44. The Labute approximate surface area is 93.5 Å². The Kier molecular flexibility index (Phi) is 2.52. The maximum Gasteiger partial charge on any atom is 0.129 e. The number of anilines is 1. The zero-order valence-electron chi connectivity index (χ0n) is 8.63. The smallest absolute Gasteiger partial charge is 0.129 e. The minimum Gasteiger partial charge on any atom is -0.355 e. The molecule has 1 saturated heterocycles. The van der Waals surface area contributed by atoms with E-state index in [4.69, 9.17) is 0 Å². The molecule has 0 amide bonds. The lowest BCUT2D eigenvalue weighted by Gasteiger charge is -2.48. The van der Waals surface area contributed by atoms with Gasteiger partial charge in [0, 0.05) is 18.5 Å². The first kappa shape index (κ1) is 9.97. The van der Waals surface area contributed by atoms with Crippen LogP contribution in [0.2, 0.25) is 0 Å². The molecule has 0 unspecified atom stereocenters. The summed E-state index contributed by atoms with van der Waals surface area (Å²) in [5.74, 6) is 1.09.